The third-order valence-electron chi connectivity index (χ3n) is 5.90. The summed E-state index contributed by atoms with van der Waals surface area (Å²) in [6.07, 6.45) is 0. The smallest absolute Gasteiger partial charge is 0.263 e. The van der Waals surface area contributed by atoms with E-state index in [-0.39, 0.29) is 26.7 Å². The first-order valence-corrected chi connectivity index (χ1v) is 13.7. The van der Waals surface area contributed by atoms with E-state index in [1.54, 1.807) is 66.7 Å². The molecule has 0 saturated carbocycles. The van der Waals surface area contributed by atoms with Crippen molar-refractivity contribution in [3.8, 4) is 0 Å². The number of hydrogen-bond donors (Lipinski definition) is 2. The van der Waals surface area contributed by atoms with Crippen LogP contribution in [0.15, 0.2) is 102 Å². The van der Waals surface area contributed by atoms with E-state index in [2.05, 4.69) is 30.8 Å². The predicted molar refractivity (Wildman–Crippen MR) is 152 cm³/mol. The van der Waals surface area contributed by atoms with Crippen LogP contribution in [0.25, 0.3) is 0 Å². The van der Waals surface area contributed by atoms with E-state index >= 15 is 0 Å². The Morgan fingerprint density at radius 3 is 2.00 bits per heavy atom. The lowest BCUT2D eigenvalue weighted by Crippen LogP contribution is -2.16. The second-order valence-electron chi connectivity index (χ2n) is 9.81. The Morgan fingerprint density at radius 1 is 0.711 bits per heavy atom. The van der Waals surface area contributed by atoms with Gasteiger partial charge in [-0.1, -0.05) is 87.0 Å². The van der Waals surface area contributed by atoms with Gasteiger partial charge in [0.25, 0.3) is 15.9 Å². The van der Waals surface area contributed by atoms with Crippen LogP contribution in [0.3, 0.4) is 0 Å². The van der Waals surface area contributed by atoms with E-state index in [4.69, 9.17) is 11.6 Å². The third kappa shape index (κ3) is 6.30. The molecule has 0 aliphatic carbocycles. The molecule has 2 N–H and O–H groups in total. The van der Waals surface area contributed by atoms with Crippen molar-refractivity contribution in [3.63, 3.8) is 0 Å². The summed E-state index contributed by atoms with van der Waals surface area (Å²) in [5.41, 5.74) is 2.92. The van der Waals surface area contributed by atoms with Crippen molar-refractivity contribution in [2.75, 3.05) is 10.0 Å². The van der Waals surface area contributed by atoms with E-state index < -0.39 is 15.9 Å². The van der Waals surface area contributed by atoms with Gasteiger partial charge in [-0.25, -0.2) is 8.42 Å². The van der Waals surface area contributed by atoms with Gasteiger partial charge in [-0.15, -0.1) is 0 Å². The van der Waals surface area contributed by atoms with Gasteiger partial charge in [0, 0.05) is 28.1 Å². The number of amides is 1. The van der Waals surface area contributed by atoms with Gasteiger partial charge in [-0.3, -0.25) is 14.3 Å². The molecule has 0 aliphatic heterocycles. The van der Waals surface area contributed by atoms with Crippen molar-refractivity contribution in [2.45, 2.75) is 31.1 Å². The Bertz CT molecular complexity index is 1590. The fourth-order valence-corrected chi connectivity index (χ4v) is 5.38. The Morgan fingerprint density at radius 2 is 1.34 bits per heavy atom. The van der Waals surface area contributed by atoms with Gasteiger partial charge in [0.15, 0.2) is 5.78 Å². The molecule has 0 bridgehead atoms. The van der Waals surface area contributed by atoms with E-state index in [0.29, 0.717) is 22.5 Å². The van der Waals surface area contributed by atoms with Crippen LogP contribution in [0.5, 0.6) is 0 Å². The second-order valence-corrected chi connectivity index (χ2v) is 11.9. The molecule has 4 aromatic carbocycles. The number of anilines is 2. The van der Waals surface area contributed by atoms with Gasteiger partial charge < -0.3 is 5.32 Å². The quantitative estimate of drug-likeness (QED) is 0.246. The highest BCUT2D eigenvalue weighted by Gasteiger charge is 2.21. The normalized spacial score (nSPS) is 11.6. The molecule has 0 spiro atoms. The van der Waals surface area contributed by atoms with Crippen LogP contribution in [0.1, 0.15) is 52.6 Å². The fraction of sp³-hybridized carbons (Fsp3) is 0.133. The molecule has 0 aromatic heterocycles. The maximum Gasteiger partial charge on any atom is 0.263 e. The van der Waals surface area contributed by atoms with Crippen molar-refractivity contribution in [2.24, 2.45) is 0 Å². The molecule has 38 heavy (non-hydrogen) atoms. The van der Waals surface area contributed by atoms with Gasteiger partial charge in [-0.05, 0) is 53.4 Å². The molecular weight excluding hydrogens is 520 g/mol. The summed E-state index contributed by atoms with van der Waals surface area (Å²) < 4.78 is 28.3. The van der Waals surface area contributed by atoms with E-state index in [1.165, 1.54) is 18.2 Å². The number of carbonyl (C=O) groups is 2. The zero-order valence-corrected chi connectivity index (χ0v) is 22.7. The fourth-order valence-electron chi connectivity index (χ4n) is 3.80. The van der Waals surface area contributed by atoms with Crippen LogP contribution < -0.4 is 10.0 Å². The second kappa shape index (κ2) is 10.8. The molecule has 6 nitrogen and oxygen atoms in total. The number of sulfonamides is 1. The molecule has 8 heteroatoms. The van der Waals surface area contributed by atoms with E-state index in [9.17, 15) is 18.0 Å². The standard InChI is InChI=1S/C30H27ClN2O4S/c1-30(2,3)23-15-12-20(13-16-23)28(34)21-8-7-11-25(18-21)32-29(35)22-14-17-26(31)27(19-22)38(36,37)33-24-9-5-4-6-10-24/h4-19,33H,1-3H3,(H,32,35). The Balaban J connectivity index is 1.53. The lowest BCUT2D eigenvalue weighted by Gasteiger charge is -2.19. The molecule has 0 heterocycles. The van der Waals surface area contributed by atoms with E-state index in [0.717, 1.165) is 5.56 Å². The number of nitrogens with one attached hydrogen (secondary N) is 2. The molecule has 0 saturated heterocycles. The average molecular weight is 547 g/mol. The average Bonchev–Trinajstić information content (AvgIpc) is 2.88. The highest BCUT2D eigenvalue weighted by Crippen LogP contribution is 2.26. The van der Waals surface area contributed by atoms with Crippen LogP contribution in [0.4, 0.5) is 11.4 Å². The zero-order chi connectivity index (χ0) is 27.5. The Labute approximate surface area is 227 Å². The topological polar surface area (TPSA) is 92.3 Å². The van der Waals surface area contributed by atoms with Gasteiger partial charge in [0.1, 0.15) is 4.90 Å². The van der Waals surface area contributed by atoms with Gasteiger partial charge in [-0.2, -0.15) is 0 Å². The van der Waals surface area contributed by atoms with Crippen molar-refractivity contribution >= 4 is 44.7 Å². The van der Waals surface area contributed by atoms with Crippen molar-refractivity contribution < 1.29 is 18.0 Å². The summed E-state index contributed by atoms with van der Waals surface area (Å²) in [5.74, 6) is -0.717. The Kier molecular flexibility index (Phi) is 7.71. The number of hydrogen-bond acceptors (Lipinski definition) is 4. The number of halogens is 1. The molecule has 0 fully saturated rings. The first kappa shape index (κ1) is 27.1. The Hall–Kier alpha value is -3.94. The molecule has 0 aliphatic rings. The lowest BCUT2D eigenvalue weighted by atomic mass is 9.86. The van der Waals surface area contributed by atoms with Crippen LogP contribution in [0.2, 0.25) is 5.02 Å². The maximum absolute atomic E-state index is 13.1. The summed E-state index contributed by atoms with van der Waals surface area (Å²) in [7, 11) is -4.04. The minimum Gasteiger partial charge on any atom is -0.322 e. The minimum absolute atomic E-state index is 0.0185. The number of benzene rings is 4. The lowest BCUT2D eigenvalue weighted by molar-refractivity contribution is 0.102. The van der Waals surface area contributed by atoms with Crippen molar-refractivity contribution in [3.05, 3.63) is 124 Å². The summed E-state index contributed by atoms with van der Waals surface area (Å²) in [5, 5.41) is 2.71. The summed E-state index contributed by atoms with van der Waals surface area (Å²) in [6.45, 7) is 6.32. The van der Waals surface area contributed by atoms with Gasteiger partial charge in [0.05, 0.1) is 5.02 Å². The zero-order valence-electron chi connectivity index (χ0n) is 21.2. The largest absolute Gasteiger partial charge is 0.322 e. The molecule has 0 radical (unpaired) electrons. The van der Waals surface area contributed by atoms with Crippen LogP contribution in [-0.4, -0.2) is 20.1 Å². The first-order chi connectivity index (χ1) is 17.9. The van der Waals surface area contributed by atoms with Gasteiger partial charge in [0.2, 0.25) is 0 Å². The number of carbonyl (C=O) groups excluding carboxylic acids is 2. The van der Waals surface area contributed by atoms with Crippen molar-refractivity contribution in [1.82, 2.24) is 0 Å². The molecule has 4 aromatic rings. The first-order valence-electron chi connectivity index (χ1n) is 11.9. The molecule has 4 rings (SSSR count). The number of rotatable bonds is 7. The molecular formula is C30H27ClN2O4S. The summed E-state index contributed by atoms with van der Waals surface area (Å²) >= 11 is 6.17. The number of para-hydroxylation sites is 1. The highest BCUT2D eigenvalue weighted by atomic mass is 35.5. The minimum atomic E-state index is -4.04. The molecule has 194 valence electrons. The third-order valence-corrected chi connectivity index (χ3v) is 7.77. The van der Waals surface area contributed by atoms with Crippen LogP contribution >= 0.6 is 11.6 Å². The highest BCUT2D eigenvalue weighted by molar-refractivity contribution is 7.92. The predicted octanol–water partition coefficient (Wildman–Crippen LogP) is 6.92. The summed E-state index contributed by atoms with van der Waals surface area (Å²) in [4.78, 5) is 25.8. The SMILES string of the molecule is CC(C)(C)c1ccc(C(=O)c2cccc(NC(=O)c3ccc(Cl)c(S(=O)(=O)Nc4ccccc4)c3)c2)cc1. The maximum atomic E-state index is 13.1. The molecule has 0 unspecified atom stereocenters. The van der Waals surface area contributed by atoms with Crippen LogP contribution in [0, 0.1) is 0 Å². The molecule has 0 atom stereocenters. The van der Waals surface area contributed by atoms with Gasteiger partial charge >= 0.3 is 0 Å². The number of ketones is 1. The van der Waals surface area contributed by atoms with Crippen molar-refractivity contribution in [1.29, 1.82) is 0 Å². The van der Waals surface area contributed by atoms with E-state index in [1.807, 2.05) is 12.1 Å². The monoisotopic (exact) mass is 546 g/mol. The molecule has 1 amide bonds. The summed E-state index contributed by atoms with van der Waals surface area (Å²) in [6, 6.07) is 26.5. The van der Waals surface area contributed by atoms with Crippen LogP contribution in [-0.2, 0) is 15.4 Å².